The topological polar surface area (TPSA) is 96.0 Å². The van der Waals surface area contributed by atoms with Crippen LogP contribution in [0.15, 0.2) is 27.8 Å². The maximum absolute atomic E-state index is 13.3. The zero-order chi connectivity index (χ0) is 17.5. The van der Waals surface area contributed by atoms with Crippen molar-refractivity contribution in [3.8, 4) is 0 Å². The molecule has 0 unspecified atom stereocenters. The van der Waals surface area contributed by atoms with Crippen molar-refractivity contribution >= 4 is 17.3 Å². The van der Waals surface area contributed by atoms with Crippen LogP contribution in [0.2, 0.25) is 0 Å². The SMILES string of the molecule is COCCCN(C)c1nonc1C(=Nc1ccc(F)c(C)c1)NO. The Morgan fingerprint density at radius 3 is 2.92 bits per heavy atom. The molecule has 0 amide bonds. The molecule has 2 N–H and O–H groups in total. The van der Waals surface area contributed by atoms with Crippen LogP contribution in [-0.2, 0) is 4.74 Å². The molecule has 0 aliphatic rings. The predicted molar refractivity (Wildman–Crippen MR) is 86.3 cm³/mol. The van der Waals surface area contributed by atoms with Crippen LogP contribution in [0.25, 0.3) is 0 Å². The lowest BCUT2D eigenvalue weighted by atomic mass is 10.2. The highest BCUT2D eigenvalue weighted by Gasteiger charge is 2.19. The molecule has 0 aliphatic heterocycles. The van der Waals surface area contributed by atoms with Gasteiger partial charge in [-0.3, -0.25) is 10.7 Å². The number of rotatable bonds is 7. The van der Waals surface area contributed by atoms with Gasteiger partial charge in [0.05, 0.1) is 5.69 Å². The average molecular weight is 337 g/mol. The summed E-state index contributed by atoms with van der Waals surface area (Å²) in [6.07, 6.45) is 0.787. The normalized spacial score (nSPS) is 11.6. The lowest BCUT2D eigenvalue weighted by Crippen LogP contribution is -2.26. The Morgan fingerprint density at radius 1 is 1.46 bits per heavy atom. The van der Waals surface area contributed by atoms with Crippen molar-refractivity contribution in [2.24, 2.45) is 4.99 Å². The third-order valence-electron chi connectivity index (χ3n) is 3.39. The maximum atomic E-state index is 13.3. The van der Waals surface area contributed by atoms with Gasteiger partial charge in [0.15, 0.2) is 11.5 Å². The van der Waals surface area contributed by atoms with Gasteiger partial charge in [-0.2, -0.15) is 0 Å². The van der Waals surface area contributed by atoms with E-state index in [0.717, 1.165) is 6.42 Å². The van der Waals surface area contributed by atoms with Crippen molar-refractivity contribution < 1.29 is 19.0 Å². The number of aliphatic imine (C=N–C) groups is 1. The number of nitrogens with zero attached hydrogens (tertiary/aromatic N) is 4. The second-order valence-corrected chi connectivity index (χ2v) is 5.21. The van der Waals surface area contributed by atoms with Crippen molar-refractivity contribution in [3.05, 3.63) is 35.3 Å². The zero-order valence-electron chi connectivity index (χ0n) is 13.8. The number of hydrogen-bond donors (Lipinski definition) is 2. The third kappa shape index (κ3) is 4.27. The van der Waals surface area contributed by atoms with Gasteiger partial charge in [0.2, 0.25) is 5.82 Å². The molecule has 1 heterocycles. The fourth-order valence-corrected chi connectivity index (χ4v) is 2.09. The van der Waals surface area contributed by atoms with E-state index in [-0.39, 0.29) is 17.3 Å². The standard InChI is InChI=1S/C15H20FN5O3/c1-10-9-11(5-6-12(10)16)17-14(18-22)13-15(20-24-19-13)21(2)7-4-8-23-3/h5-6,9,22H,4,7-8H2,1-3H3,(H,17,18). The highest BCUT2D eigenvalue weighted by Crippen LogP contribution is 2.20. The smallest absolute Gasteiger partial charge is 0.204 e. The van der Waals surface area contributed by atoms with E-state index < -0.39 is 0 Å². The Balaban J connectivity index is 2.26. The van der Waals surface area contributed by atoms with Gasteiger partial charge in [0.1, 0.15) is 5.82 Å². The van der Waals surface area contributed by atoms with Gasteiger partial charge in [0, 0.05) is 27.3 Å². The molecule has 2 aromatic rings. The van der Waals surface area contributed by atoms with E-state index >= 15 is 0 Å². The van der Waals surface area contributed by atoms with Crippen LogP contribution in [0.5, 0.6) is 0 Å². The van der Waals surface area contributed by atoms with Crippen LogP contribution in [0, 0.1) is 12.7 Å². The largest absolute Gasteiger partial charge is 0.385 e. The van der Waals surface area contributed by atoms with Gasteiger partial charge in [-0.25, -0.2) is 14.0 Å². The highest BCUT2D eigenvalue weighted by molar-refractivity contribution is 6.01. The Kier molecular flexibility index (Phi) is 6.21. The van der Waals surface area contributed by atoms with E-state index in [1.807, 2.05) is 17.4 Å². The van der Waals surface area contributed by atoms with Crippen LogP contribution in [-0.4, -0.2) is 48.7 Å². The predicted octanol–water partition coefficient (Wildman–Crippen LogP) is 2.05. The first-order valence-corrected chi connectivity index (χ1v) is 7.34. The quantitative estimate of drug-likeness (QED) is 0.345. The van der Waals surface area contributed by atoms with Gasteiger partial charge < -0.3 is 9.64 Å². The number of aromatic nitrogens is 2. The van der Waals surface area contributed by atoms with E-state index in [2.05, 4.69) is 15.3 Å². The minimum atomic E-state index is -0.325. The van der Waals surface area contributed by atoms with Gasteiger partial charge in [-0.15, -0.1) is 0 Å². The van der Waals surface area contributed by atoms with Crippen molar-refractivity contribution in [1.29, 1.82) is 0 Å². The van der Waals surface area contributed by atoms with E-state index in [1.54, 1.807) is 20.1 Å². The summed E-state index contributed by atoms with van der Waals surface area (Å²) >= 11 is 0. The molecule has 0 atom stereocenters. The molecule has 2 rings (SSSR count). The summed E-state index contributed by atoms with van der Waals surface area (Å²) in [6.45, 7) is 2.90. The molecule has 0 aliphatic carbocycles. The first-order valence-electron chi connectivity index (χ1n) is 7.34. The highest BCUT2D eigenvalue weighted by atomic mass is 19.1. The lowest BCUT2D eigenvalue weighted by molar-refractivity contribution is 0.196. The summed E-state index contributed by atoms with van der Waals surface area (Å²) < 4.78 is 23.1. The number of nitrogens with one attached hydrogen (secondary N) is 1. The molecule has 1 aromatic heterocycles. The van der Waals surface area contributed by atoms with Crippen molar-refractivity contribution in [2.75, 3.05) is 32.2 Å². The minimum absolute atomic E-state index is 0.0517. The molecule has 9 heteroatoms. The molecular weight excluding hydrogens is 317 g/mol. The first kappa shape index (κ1) is 17.8. The van der Waals surface area contributed by atoms with Crippen molar-refractivity contribution in [2.45, 2.75) is 13.3 Å². The Morgan fingerprint density at radius 2 is 2.25 bits per heavy atom. The summed E-state index contributed by atoms with van der Waals surface area (Å²) in [4.78, 5) is 6.05. The Hall–Kier alpha value is -2.52. The van der Waals surface area contributed by atoms with Crippen LogP contribution in [0.3, 0.4) is 0 Å². The number of benzene rings is 1. The second-order valence-electron chi connectivity index (χ2n) is 5.21. The van der Waals surface area contributed by atoms with Crippen LogP contribution < -0.4 is 10.4 Å². The fraction of sp³-hybridized carbons (Fsp3) is 0.400. The number of methoxy groups -OCH3 is 1. The van der Waals surface area contributed by atoms with E-state index in [0.29, 0.717) is 30.2 Å². The number of halogens is 1. The fourth-order valence-electron chi connectivity index (χ4n) is 2.09. The molecule has 0 fully saturated rings. The summed E-state index contributed by atoms with van der Waals surface area (Å²) in [5.41, 5.74) is 3.15. The number of amidine groups is 1. The van der Waals surface area contributed by atoms with Crippen molar-refractivity contribution in [3.63, 3.8) is 0 Å². The molecule has 0 saturated heterocycles. The average Bonchev–Trinajstić information content (AvgIpc) is 3.05. The van der Waals surface area contributed by atoms with Gasteiger partial charge in [0.25, 0.3) is 0 Å². The molecule has 0 spiro atoms. The van der Waals surface area contributed by atoms with Gasteiger partial charge in [-0.1, -0.05) is 0 Å². The summed E-state index contributed by atoms with van der Waals surface area (Å²) in [5.74, 6) is 0.148. The molecule has 0 saturated carbocycles. The van der Waals surface area contributed by atoms with Crippen molar-refractivity contribution in [1.82, 2.24) is 15.8 Å². The Bertz CT molecular complexity index is 704. The molecule has 1 aromatic carbocycles. The summed E-state index contributed by atoms with van der Waals surface area (Å²) in [7, 11) is 3.45. The lowest BCUT2D eigenvalue weighted by Gasteiger charge is -2.16. The van der Waals surface area contributed by atoms with Gasteiger partial charge in [-0.05, 0) is 47.4 Å². The number of aryl methyl sites for hydroxylation is 1. The number of anilines is 1. The second kappa shape index (κ2) is 8.37. The third-order valence-corrected chi connectivity index (χ3v) is 3.39. The van der Waals surface area contributed by atoms with Crippen LogP contribution in [0.4, 0.5) is 15.9 Å². The van der Waals surface area contributed by atoms with Crippen LogP contribution >= 0.6 is 0 Å². The number of ether oxygens (including phenoxy) is 1. The maximum Gasteiger partial charge on any atom is 0.204 e. The molecule has 130 valence electrons. The van der Waals surface area contributed by atoms with E-state index in [9.17, 15) is 9.60 Å². The molecular formula is C15H20FN5O3. The zero-order valence-corrected chi connectivity index (χ0v) is 13.8. The summed E-state index contributed by atoms with van der Waals surface area (Å²) in [6, 6.07) is 4.36. The van der Waals surface area contributed by atoms with E-state index in [1.165, 1.54) is 12.1 Å². The van der Waals surface area contributed by atoms with Gasteiger partial charge >= 0.3 is 0 Å². The summed E-state index contributed by atoms with van der Waals surface area (Å²) in [5, 5.41) is 17.0. The number of hydroxylamine groups is 1. The Labute approximate surface area is 138 Å². The number of hydrogen-bond acceptors (Lipinski definition) is 7. The molecule has 8 nitrogen and oxygen atoms in total. The molecule has 0 radical (unpaired) electrons. The first-order chi connectivity index (χ1) is 11.6. The van der Waals surface area contributed by atoms with Crippen LogP contribution in [0.1, 0.15) is 17.7 Å². The van der Waals surface area contributed by atoms with E-state index in [4.69, 9.17) is 9.37 Å². The molecule has 24 heavy (non-hydrogen) atoms. The minimum Gasteiger partial charge on any atom is -0.385 e. The molecule has 0 bridgehead atoms. The monoisotopic (exact) mass is 337 g/mol.